The lowest BCUT2D eigenvalue weighted by molar-refractivity contribution is -0.385. The van der Waals surface area contributed by atoms with Crippen molar-refractivity contribution in [2.45, 2.75) is 0 Å². The van der Waals surface area contributed by atoms with Gasteiger partial charge in [-0.1, -0.05) is 0 Å². The van der Waals surface area contributed by atoms with E-state index in [1.54, 1.807) is 0 Å². The fourth-order valence-corrected chi connectivity index (χ4v) is 1.91. The number of hydrogen-bond acceptors (Lipinski definition) is 8. The predicted molar refractivity (Wildman–Crippen MR) is 72.0 cm³/mol. The number of aromatic nitrogens is 1. The van der Waals surface area contributed by atoms with E-state index >= 15 is 0 Å². The normalized spacial score (nSPS) is 12.5. The van der Waals surface area contributed by atoms with Gasteiger partial charge in [0.2, 0.25) is 5.88 Å². The van der Waals surface area contributed by atoms with Crippen molar-refractivity contribution in [1.82, 2.24) is 4.98 Å². The van der Waals surface area contributed by atoms with E-state index in [0.29, 0.717) is 0 Å². The van der Waals surface area contributed by atoms with Gasteiger partial charge in [-0.05, 0) is 18.2 Å². The summed E-state index contributed by atoms with van der Waals surface area (Å²) in [5.41, 5.74) is -0.194. The standard InChI is InChI=1S/C14H6N2O7/c17-12(22-11-4-2-8(6-15-11)16(20)21)7-1-3-9-10(5-7)14(19)23-13(9)18/h1-6H. The summed E-state index contributed by atoms with van der Waals surface area (Å²) in [6.45, 7) is 0. The van der Waals surface area contributed by atoms with E-state index in [1.165, 1.54) is 24.3 Å². The molecule has 0 N–H and O–H groups in total. The van der Waals surface area contributed by atoms with Gasteiger partial charge in [-0.3, -0.25) is 10.1 Å². The maximum Gasteiger partial charge on any atom is 0.346 e. The highest BCUT2D eigenvalue weighted by molar-refractivity contribution is 6.15. The number of benzene rings is 1. The summed E-state index contributed by atoms with van der Waals surface area (Å²) in [7, 11) is 0. The maximum absolute atomic E-state index is 12.0. The Balaban J connectivity index is 1.81. The molecular formula is C14H6N2O7. The molecule has 0 unspecified atom stereocenters. The van der Waals surface area contributed by atoms with Crippen molar-refractivity contribution < 1.29 is 28.8 Å². The van der Waals surface area contributed by atoms with Gasteiger partial charge in [0.1, 0.15) is 6.20 Å². The third-order valence-electron chi connectivity index (χ3n) is 3.01. The number of nitro groups is 1. The number of rotatable bonds is 3. The first-order valence-corrected chi connectivity index (χ1v) is 6.19. The van der Waals surface area contributed by atoms with E-state index in [2.05, 4.69) is 9.72 Å². The van der Waals surface area contributed by atoms with Gasteiger partial charge in [0.05, 0.1) is 21.6 Å². The molecule has 9 heteroatoms. The molecule has 0 spiro atoms. The SMILES string of the molecule is O=C(Oc1ccc([N+](=O)[O-])cn1)c1ccc2c(c1)C(=O)OC2=O. The lowest BCUT2D eigenvalue weighted by Gasteiger charge is -2.03. The molecule has 114 valence electrons. The Morgan fingerprint density at radius 3 is 2.52 bits per heavy atom. The Morgan fingerprint density at radius 2 is 1.87 bits per heavy atom. The van der Waals surface area contributed by atoms with Crippen LogP contribution < -0.4 is 4.74 Å². The number of carbonyl (C=O) groups excluding carboxylic acids is 3. The van der Waals surface area contributed by atoms with Crippen LogP contribution in [-0.2, 0) is 4.74 Å². The lowest BCUT2D eigenvalue weighted by Crippen LogP contribution is -2.10. The zero-order valence-corrected chi connectivity index (χ0v) is 11.2. The molecule has 0 atom stereocenters. The molecule has 1 aliphatic heterocycles. The molecule has 1 aliphatic rings. The predicted octanol–water partition coefficient (Wildman–Crippen LogP) is 1.52. The number of esters is 3. The summed E-state index contributed by atoms with van der Waals surface area (Å²) in [5, 5.41) is 10.5. The number of fused-ring (bicyclic) bond motifs is 1. The Labute approximate surface area is 127 Å². The molecule has 0 amide bonds. The van der Waals surface area contributed by atoms with Crippen LogP contribution in [0.4, 0.5) is 5.69 Å². The average molecular weight is 314 g/mol. The summed E-state index contributed by atoms with van der Waals surface area (Å²) in [6, 6.07) is 6.06. The molecule has 3 rings (SSSR count). The van der Waals surface area contributed by atoms with Crippen LogP contribution in [0.15, 0.2) is 36.5 Å². The quantitative estimate of drug-likeness (QED) is 0.361. The average Bonchev–Trinajstić information content (AvgIpc) is 2.82. The van der Waals surface area contributed by atoms with Gasteiger partial charge in [-0.15, -0.1) is 0 Å². The second-order valence-corrected chi connectivity index (χ2v) is 4.44. The van der Waals surface area contributed by atoms with Crippen molar-refractivity contribution in [2.24, 2.45) is 0 Å². The van der Waals surface area contributed by atoms with Crippen molar-refractivity contribution in [3.63, 3.8) is 0 Å². The van der Waals surface area contributed by atoms with Crippen molar-refractivity contribution in [3.05, 3.63) is 63.3 Å². The molecule has 1 aromatic carbocycles. The van der Waals surface area contributed by atoms with Crippen molar-refractivity contribution >= 4 is 23.6 Å². The van der Waals surface area contributed by atoms with E-state index in [1.807, 2.05) is 0 Å². The molecule has 0 bridgehead atoms. The van der Waals surface area contributed by atoms with Crippen LogP contribution in [0.3, 0.4) is 0 Å². The maximum atomic E-state index is 12.0. The number of carbonyl (C=O) groups is 3. The minimum Gasteiger partial charge on any atom is -0.404 e. The van der Waals surface area contributed by atoms with E-state index in [9.17, 15) is 24.5 Å². The molecule has 2 heterocycles. The molecule has 0 aliphatic carbocycles. The van der Waals surface area contributed by atoms with Crippen LogP contribution in [0.2, 0.25) is 0 Å². The lowest BCUT2D eigenvalue weighted by atomic mass is 10.1. The van der Waals surface area contributed by atoms with Gasteiger partial charge in [0, 0.05) is 12.1 Å². The summed E-state index contributed by atoms with van der Waals surface area (Å²) in [6.07, 6.45) is 0.946. The first kappa shape index (κ1) is 14.3. The van der Waals surface area contributed by atoms with E-state index in [4.69, 9.17) is 4.74 Å². The van der Waals surface area contributed by atoms with Crippen molar-refractivity contribution in [3.8, 4) is 5.88 Å². The molecular weight excluding hydrogens is 308 g/mol. The monoisotopic (exact) mass is 314 g/mol. The molecule has 23 heavy (non-hydrogen) atoms. The molecule has 9 nitrogen and oxygen atoms in total. The summed E-state index contributed by atoms with van der Waals surface area (Å²) in [4.78, 5) is 48.2. The van der Waals surface area contributed by atoms with Crippen LogP contribution in [0.25, 0.3) is 0 Å². The van der Waals surface area contributed by atoms with Gasteiger partial charge in [0.15, 0.2) is 0 Å². The third-order valence-corrected chi connectivity index (χ3v) is 3.01. The molecule has 2 aromatic rings. The summed E-state index contributed by atoms with van der Waals surface area (Å²) in [5.74, 6) is -2.59. The number of hydrogen-bond donors (Lipinski definition) is 0. The fraction of sp³-hybridized carbons (Fsp3) is 0. The van der Waals surface area contributed by atoms with Crippen LogP contribution in [-0.4, -0.2) is 27.8 Å². The van der Waals surface area contributed by atoms with E-state index in [0.717, 1.165) is 12.3 Å². The first-order chi connectivity index (χ1) is 11.0. The van der Waals surface area contributed by atoms with Crippen molar-refractivity contribution in [2.75, 3.05) is 0 Å². The van der Waals surface area contributed by atoms with Gasteiger partial charge in [0.25, 0.3) is 5.69 Å². The highest BCUT2D eigenvalue weighted by Gasteiger charge is 2.30. The fourth-order valence-electron chi connectivity index (χ4n) is 1.91. The number of pyridine rings is 1. The van der Waals surface area contributed by atoms with E-state index < -0.39 is 22.8 Å². The molecule has 0 saturated carbocycles. The van der Waals surface area contributed by atoms with Gasteiger partial charge >= 0.3 is 17.9 Å². The smallest absolute Gasteiger partial charge is 0.346 e. The summed E-state index contributed by atoms with van der Waals surface area (Å²) >= 11 is 0. The first-order valence-electron chi connectivity index (χ1n) is 6.19. The van der Waals surface area contributed by atoms with Gasteiger partial charge in [-0.2, -0.15) is 0 Å². The van der Waals surface area contributed by atoms with Gasteiger partial charge < -0.3 is 9.47 Å². The number of cyclic esters (lactones) is 2. The van der Waals surface area contributed by atoms with E-state index in [-0.39, 0.29) is 28.3 Å². The molecule has 0 fully saturated rings. The molecule has 0 radical (unpaired) electrons. The van der Waals surface area contributed by atoms with Crippen LogP contribution in [0.5, 0.6) is 5.88 Å². The minimum absolute atomic E-state index is 0.00977. The van der Waals surface area contributed by atoms with Crippen LogP contribution in [0.1, 0.15) is 31.1 Å². The Hall–Kier alpha value is -3.62. The summed E-state index contributed by atoms with van der Waals surface area (Å²) < 4.78 is 9.36. The topological polar surface area (TPSA) is 126 Å². The Bertz CT molecular complexity index is 858. The second-order valence-electron chi connectivity index (χ2n) is 4.44. The minimum atomic E-state index is -0.840. The highest BCUT2D eigenvalue weighted by Crippen LogP contribution is 2.22. The largest absolute Gasteiger partial charge is 0.404 e. The molecule has 0 saturated heterocycles. The Kier molecular flexibility index (Phi) is 3.30. The Morgan fingerprint density at radius 1 is 1.13 bits per heavy atom. The number of ether oxygens (including phenoxy) is 2. The zero-order chi connectivity index (χ0) is 16.6. The van der Waals surface area contributed by atoms with Crippen LogP contribution in [0, 0.1) is 10.1 Å². The van der Waals surface area contributed by atoms with Crippen molar-refractivity contribution in [1.29, 1.82) is 0 Å². The second kappa shape index (κ2) is 5.30. The zero-order valence-electron chi connectivity index (χ0n) is 11.2. The highest BCUT2D eigenvalue weighted by atomic mass is 16.6. The number of nitrogens with zero attached hydrogens (tertiary/aromatic N) is 2. The van der Waals surface area contributed by atoms with Crippen LogP contribution >= 0.6 is 0 Å². The third kappa shape index (κ3) is 2.62. The molecule has 1 aromatic heterocycles. The van der Waals surface area contributed by atoms with Gasteiger partial charge in [-0.25, -0.2) is 19.4 Å².